The lowest BCUT2D eigenvalue weighted by Crippen LogP contribution is -2.50. The quantitative estimate of drug-likeness (QED) is 0.813. The van der Waals surface area contributed by atoms with Crippen LogP contribution in [0.1, 0.15) is 16.1 Å². The molecule has 0 atom stereocenters. The van der Waals surface area contributed by atoms with Gasteiger partial charge in [-0.2, -0.15) is 0 Å². The third-order valence-electron chi connectivity index (χ3n) is 3.20. The second kappa shape index (κ2) is 6.08. The van der Waals surface area contributed by atoms with Gasteiger partial charge in [0.05, 0.1) is 10.6 Å². The van der Waals surface area contributed by atoms with Crippen LogP contribution >= 0.6 is 12.2 Å². The predicted molar refractivity (Wildman–Crippen MR) is 78.1 cm³/mol. The summed E-state index contributed by atoms with van der Waals surface area (Å²) in [6, 6.07) is 3.68. The maximum absolute atomic E-state index is 12.3. The zero-order chi connectivity index (χ0) is 13.8. The molecule has 1 aliphatic rings. The summed E-state index contributed by atoms with van der Waals surface area (Å²) in [5.41, 5.74) is 7.09. The molecule has 2 rings (SSSR count). The number of carbonyl (C=O) groups excluding carboxylic acids is 1. The number of aryl methyl sites for hydroxylation is 1. The van der Waals surface area contributed by atoms with Crippen molar-refractivity contribution in [2.24, 2.45) is 5.73 Å². The molecule has 2 heterocycles. The average Bonchev–Trinajstić information content (AvgIpc) is 2.39. The van der Waals surface area contributed by atoms with Crippen molar-refractivity contribution in [2.45, 2.75) is 6.92 Å². The van der Waals surface area contributed by atoms with Crippen LogP contribution in [0.2, 0.25) is 0 Å². The van der Waals surface area contributed by atoms with Gasteiger partial charge in [-0.05, 0) is 19.1 Å². The highest BCUT2D eigenvalue weighted by atomic mass is 32.1. The molecule has 5 nitrogen and oxygen atoms in total. The number of piperazine rings is 1. The standard InChI is InChI=1S/C13H18N4OS/c1-10-2-3-11(8-15-10)13(18)17-6-4-16(5-7-17)9-12(14)19/h2-3,8H,4-7,9H2,1H3,(H2,14,19). The fourth-order valence-electron chi connectivity index (χ4n) is 2.11. The minimum Gasteiger partial charge on any atom is -0.392 e. The van der Waals surface area contributed by atoms with Crippen molar-refractivity contribution < 1.29 is 4.79 Å². The minimum absolute atomic E-state index is 0.0440. The third-order valence-corrected chi connectivity index (χ3v) is 3.33. The van der Waals surface area contributed by atoms with Crippen LogP contribution in [0.4, 0.5) is 0 Å². The molecule has 19 heavy (non-hydrogen) atoms. The number of thiocarbonyl (C=S) groups is 1. The van der Waals surface area contributed by atoms with Gasteiger partial charge in [-0.1, -0.05) is 12.2 Å². The number of hydrogen-bond donors (Lipinski definition) is 1. The van der Waals surface area contributed by atoms with E-state index in [1.165, 1.54) is 0 Å². The molecule has 6 heteroatoms. The van der Waals surface area contributed by atoms with E-state index in [0.717, 1.165) is 18.8 Å². The number of nitrogens with zero attached hydrogens (tertiary/aromatic N) is 3. The Labute approximate surface area is 118 Å². The first kappa shape index (κ1) is 13.9. The molecule has 1 saturated heterocycles. The lowest BCUT2D eigenvalue weighted by Gasteiger charge is -2.34. The summed E-state index contributed by atoms with van der Waals surface area (Å²) in [6.07, 6.45) is 1.64. The van der Waals surface area contributed by atoms with Crippen molar-refractivity contribution in [3.63, 3.8) is 0 Å². The van der Waals surface area contributed by atoms with Crippen LogP contribution in [0.15, 0.2) is 18.3 Å². The first-order valence-corrected chi connectivity index (χ1v) is 6.69. The molecule has 1 aromatic heterocycles. The van der Waals surface area contributed by atoms with Crippen molar-refractivity contribution in [1.82, 2.24) is 14.8 Å². The Hall–Kier alpha value is -1.53. The van der Waals surface area contributed by atoms with Crippen LogP contribution < -0.4 is 5.73 Å². The van der Waals surface area contributed by atoms with Crippen molar-refractivity contribution in [3.8, 4) is 0 Å². The van der Waals surface area contributed by atoms with E-state index in [4.69, 9.17) is 18.0 Å². The molecular weight excluding hydrogens is 260 g/mol. The van der Waals surface area contributed by atoms with Crippen LogP contribution in [0.5, 0.6) is 0 Å². The maximum atomic E-state index is 12.3. The summed E-state index contributed by atoms with van der Waals surface area (Å²) in [5.74, 6) is 0.0440. The molecule has 1 aromatic rings. The predicted octanol–water partition coefficient (Wildman–Crippen LogP) is 0.434. The molecule has 102 valence electrons. The number of rotatable bonds is 3. The van der Waals surface area contributed by atoms with Crippen LogP contribution in [0.3, 0.4) is 0 Å². The number of hydrogen-bond acceptors (Lipinski definition) is 4. The van der Waals surface area contributed by atoms with Crippen molar-refractivity contribution in [1.29, 1.82) is 0 Å². The summed E-state index contributed by atoms with van der Waals surface area (Å²) >= 11 is 4.89. The number of aromatic nitrogens is 1. The molecule has 0 spiro atoms. The largest absolute Gasteiger partial charge is 0.392 e. The zero-order valence-corrected chi connectivity index (χ0v) is 11.8. The first-order valence-electron chi connectivity index (χ1n) is 6.29. The molecule has 0 aromatic carbocycles. The Kier molecular flexibility index (Phi) is 4.44. The maximum Gasteiger partial charge on any atom is 0.255 e. The number of carbonyl (C=O) groups is 1. The Bertz CT molecular complexity index is 466. The first-order chi connectivity index (χ1) is 9.06. The molecule has 0 saturated carbocycles. The molecule has 0 radical (unpaired) electrons. The Morgan fingerprint density at radius 2 is 2.05 bits per heavy atom. The second-order valence-electron chi connectivity index (χ2n) is 4.72. The van der Waals surface area contributed by atoms with E-state index >= 15 is 0 Å². The second-order valence-corrected chi connectivity index (χ2v) is 5.25. The van der Waals surface area contributed by atoms with Gasteiger partial charge in [0.15, 0.2) is 0 Å². The normalized spacial score (nSPS) is 16.4. The van der Waals surface area contributed by atoms with Crippen LogP contribution in [0, 0.1) is 6.92 Å². The highest BCUT2D eigenvalue weighted by molar-refractivity contribution is 7.80. The van der Waals surface area contributed by atoms with Crippen LogP contribution in [0.25, 0.3) is 0 Å². The lowest BCUT2D eigenvalue weighted by atomic mass is 10.2. The molecular formula is C13H18N4OS. The van der Waals surface area contributed by atoms with Gasteiger partial charge >= 0.3 is 0 Å². The van der Waals surface area contributed by atoms with Crippen molar-refractivity contribution in [3.05, 3.63) is 29.6 Å². The molecule has 0 bridgehead atoms. The Balaban J connectivity index is 1.92. The zero-order valence-electron chi connectivity index (χ0n) is 11.0. The van der Waals surface area contributed by atoms with Crippen LogP contribution in [-0.2, 0) is 0 Å². The van der Waals surface area contributed by atoms with Gasteiger partial charge in [0.2, 0.25) is 0 Å². The molecule has 1 amide bonds. The Morgan fingerprint density at radius 3 is 2.58 bits per heavy atom. The summed E-state index contributed by atoms with van der Waals surface area (Å²) < 4.78 is 0. The fourth-order valence-corrected chi connectivity index (χ4v) is 2.29. The molecule has 0 aliphatic carbocycles. The summed E-state index contributed by atoms with van der Waals surface area (Å²) in [4.78, 5) is 20.9. The highest BCUT2D eigenvalue weighted by Crippen LogP contribution is 2.08. The Morgan fingerprint density at radius 1 is 1.37 bits per heavy atom. The fraction of sp³-hybridized carbons (Fsp3) is 0.462. The third kappa shape index (κ3) is 3.71. The molecule has 1 aliphatic heterocycles. The average molecular weight is 278 g/mol. The van der Waals surface area contributed by atoms with Gasteiger partial charge in [-0.3, -0.25) is 14.7 Å². The molecule has 0 unspecified atom stereocenters. The van der Waals surface area contributed by atoms with E-state index in [1.54, 1.807) is 6.20 Å². The topological polar surface area (TPSA) is 62.5 Å². The molecule has 2 N–H and O–H groups in total. The van der Waals surface area contributed by atoms with Gasteiger partial charge in [0.1, 0.15) is 0 Å². The van der Waals surface area contributed by atoms with E-state index in [9.17, 15) is 4.79 Å². The summed E-state index contributed by atoms with van der Waals surface area (Å²) in [7, 11) is 0. The van der Waals surface area contributed by atoms with E-state index in [2.05, 4.69) is 9.88 Å². The van der Waals surface area contributed by atoms with Gasteiger partial charge < -0.3 is 10.6 Å². The van der Waals surface area contributed by atoms with E-state index in [-0.39, 0.29) is 5.91 Å². The summed E-state index contributed by atoms with van der Waals surface area (Å²) in [5, 5.41) is 0. The lowest BCUT2D eigenvalue weighted by molar-refractivity contribution is 0.0654. The number of nitrogens with two attached hydrogens (primary N) is 1. The highest BCUT2D eigenvalue weighted by Gasteiger charge is 2.22. The minimum atomic E-state index is 0.0440. The van der Waals surface area contributed by atoms with Gasteiger partial charge in [-0.15, -0.1) is 0 Å². The van der Waals surface area contributed by atoms with Gasteiger partial charge in [0.25, 0.3) is 5.91 Å². The number of pyridine rings is 1. The number of amides is 1. The van der Waals surface area contributed by atoms with Gasteiger partial charge in [-0.25, -0.2) is 0 Å². The SMILES string of the molecule is Cc1ccc(C(=O)N2CCN(CC(N)=S)CC2)cn1. The van der Waals surface area contributed by atoms with Gasteiger partial charge in [0, 0.05) is 44.6 Å². The van der Waals surface area contributed by atoms with Crippen LogP contribution in [-0.4, -0.2) is 58.4 Å². The van der Waals surface area contributed by atoms with E-state index in [1.807, 2.05) is 24.0 Å². The monoisotopic (exact) mass is 278 g/mol. The van der Waals surface area contributed by atoms with E-state index in [0.29, 0.717) is 30.2 Å². The smallest absolute Gasteiger partial charge is 0.255 e. The van der Waals surface area contributed by atoms with Crippen molar-refractivity contribution in [2.75, 3.05) is 32.7 Å². The van der Waals surface area contributed by atoms with E-state index < -0.39 is 0 Å². The summed E-state index contributed by atoms with van der Waals surface area (Å²) in [6.45, 7) is 5.56. The molecule has 1 fully saturated rings. The van der Waals surface area contributed by atoms with Crippen molar-refractivity contribution >= 4 is 23.1 Å².